The fourth-order valence-electron chi connectivity index (χ4n) is 2.88. The largest absolute Gasteiger partial charge is 0.298 e. The van der Waals surface area contributed by atoms with Crippen LogP contribution in [0.5, 0.6) is 0 Å². The van der Waals surface area contributed by atoms with Gasteiger partial charge in [0, 0.05) is 11.5 Å². The standard InChI is InChI=1S/C21H18O/c1-16(17-9-4-2-5-10-17)19-13-8-14-20(21(19)15-22)18-11-6-3-7-12-18/h2-16H,1H3. The Hall–Kier alpha value is -2.67. The molecule has 1 heteroatoms. The van der Waals surface area contributed by atoms with Crippen molar-refractivity contribution in [1.82, 2.24) is 0 Å². The number of carbonyl (C=O) groups is 1. The highest BCUT2D eigenvalue weighted by Crippen LogP contribution is 2.32. The van der Waals surface area contributed by atoms with E-state index >= 15 is 0 Å². The number of rotatable bonds is 4. The molecule has 0 fully saturated rings. The van der Waals surface area contributed by atoms with Crippen molar-refractivity contribution >= 4 is 6.29 Å². The molecule has 0 aliphatic carbocycles. The van der Waals surface area contributed by atoms with Gasteiger partial charge in [-0.25, -0.2) is 0 Å². The Morgan fingerprint density at radius 3 is 2.05 bits per heavy atom. The van der Waals surface area contributed by atoms with Crippen molar-refractivity contribution in [2.24, 2.45) is 0 Å². The SMILES string of the molecule is CC(c1ccccc1)c1cccc(-c2ccccc2)c1C=O. The van der Waals surface area contributed by atoms with Crippen LogP contribution in [0.3, 0.4) is 0 Å². The molecule has 22 heavy (non-hydrogen) atoms. The van der Waals surface area contributed by atoms with Gasteiger partial charge in [-0.2, -0.15) is 0 Å². The maximum atomic E-state index is 11.8. The minimum Gasteiger partial charge on any atom is -0.298 e. The molecule has 0 heterocycles. The minimum atomic E-state index is 0.185. The first-order chi connectivity index (χ1) is 10.8. The Balaban J connectivity index is 2.12. The summed E-state index contributed by atoms with van der Waals surface area (Å²) in [6.45, 7) is 2.15. The van der Waals surface area contributed by atoms with E-state index in [2.05, 4.69) is 19.1 Å². The van der Waals surface area contributed by atoms with E-state index in [1.54, 1.807) is 0 Å². The van der Waals surface area contributed by atoms with Crippen LogP contribution in [0.15, 0.2) is 78.9 Å². The highest BCUT2D eigenvalue weighted by molar-refractivity contribution is 5.90. The molecule has 0 aliphatic heterocycles. The summed E-state index contributed by atoms with van der Waals surface area (Å²) in [5.41, 5.74) is 5.14. The molecule has 1 unspecified atom stereocenters. The first kappa shape index (κ1) is 14.3. The second-order valence-electron chi connectivity index (χ2n) is 5.42. The van der Waals surface area contributed by atoms with Gasteiger partial charge in [-0.3, -0.25) is 4.79 Å². The summed E-state index contributed by atoms with van der Waals surface area (Å²) in [6.07, 6.45) is 0.983. The average molecular weight is 286 g/mol. The Morgan fingerprint density at radius 2 is 1.41 bits per heavy atom. The average Bonchev–Trinajstić information content (AvgIpc) is 2.62. The summed E-state index contributed by atoms with van der Waals surface area (Å²) >= 11 is 0. The van der Waals surface area contributed by atoms with Gasteiger partial charge in [-0.15, -0.1) is 0 Å². The first-order valence-corrected chi connectivity index (χ1v) is 7.49. The van der Waals surface area contributed by atoms with Crippen LogP contribution in [0, 0.1) is 0 Å². The lowest BCUT2D eigenvalue weighted by atomic mass is 9.86. The van der Waals surface area contributed by atoms with Crippen molar-refractivity contribution in [2.75, 3.05) is 0 Å². The smallest absolute Gasteiger partial charge is 0.150 e. The molecular weight excluding hydrogens is 268 g/mol. The monoisotopic (exact) mass is 286 g/mol. The molecule has 0 amide bonds. The maximum Gasteiger partial charge on any atom is 0.150 e. The lowest BCUT2D eigenvalue weighted by Gasteiger charge is -2.17. The molecule has 0 saturated carbocycles. The van der Waals surface area contributed by atoms with Gasteiger partial charge < -0.3 is 0 Å². The van der Waals surface area contributed by atoms with Crippen LogP contribution in [-0.4, -0.2) is 6.29 Å². The van der Waals surface area contributed by atoms with E-state index in [-0.39, 0.29) is 5.92 Å². The quantitative estimate of drug-likeness (QED) is 0.593. The van der Waals surface area contributed by atoms with Crippen molar-refractivity contribution in [3.63, 3.8) is 0 Å². The molecule has 0 aliphatic rings. The summed E-state index contributed by atoms with van der Waals surface area (Å²) in [5, 5.41) is 0. The fourth-order valence-corrected chi connectivity index (χ4v) is 2.88. The van der Waals surface area contributed by atoms with Crippen LogP contribution in [0.4, 0.5) is 0 Å². The number of aldehydes is 1. The van der Waals surface area contributed by atoms with Crippen molar-refractivity contribution in [3.8, 4) is 11.1 Å². The van der Waals surface area contributed by atoms with Crippen LogP contribution in [0.2, 0.25) is 0 Å². The summed E-state index contributed by atoms with van der Waals surface area (Å²) < 4.78 is 0. The molecule has 0 bridgehead atoms. The third-order valence-corrected chi connectivity index (χ3v) is 4.11. The molecule has 1 nitrogen and oxygen atoms in total. The minimum absolute atomic E-state index is 0.185. The zero-order chi connectivity index (χ0) is 15.4. The maximum absolute atomic E-state index is 11.8. The van der Waals surface area contributed by atoms with Crippen molar-refractivity contribution in [2.45, 2.75) is 12.8 Å². The van der Waals surface area contributed by atoms with Gasteiger partial charge in [0.2, 0.25) is 0 Å². The van der Waals surface area contributed by atoms with Crippen LogP contribution >= 0.6 is 0 Å². The predicted molar refractivity (Wildman–Crippen MR) is 91.2 cm³/mol. The van der Waals surface area contributed by atoms with Gasteiger partial charge in [0.25, 0.3) is 0 Å². The summed E-state index contributed by atoms with van der Waals surface area (Å²) in [6, 6.07) is 26.5. The van der Waals surface area contributed by atoms with Crippen molar-refractivity contribution in [1.29, 1.82) is 0 Å². The second kappa shape index (κ2) is 6.40. The van der Waals surface area contributed by atoms with E-state index in [0.717, 1.165) is 28.5 Å². The van der Waals surface area contributed by atoms with E-state index in [0.29, 0.717) is 0 Å². The van der Waals surface area contributed by atoms with E-state index < -0.39 is 0 Å². The Kier molecular flexibility index (Phi) is 4.15. The van der Waals surface area contributed by atoms with Crippen molar-refractivity contribution < 1.29 is 4.79 Å². The first-order valence-electron chi connectivity index (χ1n) is 7.49. The zero-order valence-electron chi connectivity index (χ0n) is 12.6. The van der Waals surface area contributed by atoms with E-state index in [9.17, 15) is 4.79 Å². The third kappa shape index (κ3) is 2.71. The topological polar surface area (TPSA) is 17.1 Å². The third-order valence-electron chi connectivity index (χ3n) is 4.11. The van der Waals surface area contributed by atoms with Crippen LogP contribution in [0.1, 0.15) is 34.3 Å². The van der Waals surface area contributed by atoms with Crippen molar-refractivity contribution in [3.05, 3.63) is 95.6 Å². The summed E-state index contributed by atoms with van der Waals surface area (Å²) in [5.74, 6) is 0.185. The Morgan fingerprint density at radius 1 is 0.773 bits per heavy atom. The van der Waals surface area contributed by atoms with Gasteiger partial charge in [0.1, 0.15) is 0 Å². The van der Waals surface area contributed by atoms with E-state index in [1.165, 1.54) is 5.56 Å². The Bertz CT molecular complexity index is 760. The van der Waals surface area contributed by atoms with Gasteiger partial charge >= 0.3 is 0 Å². The van der Waals surface area contributed by atoms with Gasteiger partial charge in [-0.05, 0) is 22.3 Å². The number of carbonyl (C=O) groups excluding carboxylic acids is 1. The van der Waals surface area contributed by atoms with Crippen LogP contribution < -0.4 is 0 Å². The Labute approximate surface area is 131 Å². The highest BCUT2D eigenvalue weighted by Gasteiger charge is 2.15. The van der Waals surface area contributed by atoms with Gasteiger partial charge in [0.05, 0.1) is 0 Å². The lowest BCUT2D eigenvalue weighted by Crippen LogP contribution is -2.02. The molecule has 1 atom stereocenters. The number of hydrogen-bond donors (Lipinski definition) is 0. The molecular formula is C21H18O. The molecule has 0 radical (unpaired) electrons. The summed E-state index contributed by atoms with van der Waals surface area (Å²) in [7, 11) is 0. The molecule has 0 saturated heterocycles. The second-order valence-corrected chi connectivity index (χ2v) is 5.42. The van der Waals surface area contributed by atoms with Gasteiger partial charge in [0.15, 0.2) is 6.29 Å². The highest BCUT2D eigenvalue weighted by atomic mass is 16.1. The molecule has 3 rings (SSSR count). The zero-order valence-corrected chi connectivity index (χ0v) is 12.6. The molecule has 3 aromatic carbocycles. The summed E-state index contributed by atoms with van der Waals surface area (Å²) in [4.78, 5) is 11.8. The fraction of sp³-hybridized carbons (Fsp3) is 0.0952. The molecule has 0 spiro atoms. The van der Waals surface area contributed by atoms with Crippen LogP contribution in [-0.2, 0) is 0 Å². The van der Waals surface area contributed by atoms with Gasteiger partial charge in [-0.1, -0.05) is 85.8 Å². The predicted octanol–water partition coefficient (Wildman–Crippen LogP) is 5.32. The lowest BCUT2D eigenvalue weighted by molar-refractivity contribution is 0.112. The molecule has 0 N–H and O–H groups in total. The molecule has 3 aromatic rings. The number of benzene rings is 3. The van der Waals surface area contributed by atoms with E-state index in [1.807, 2.05) is 66.7 Å². The normalized spacial score (nSPS) is 11.9. The molecule has 0 aromatic heterocycles. The van der Waals surface area contributed by atoms with E-state index in [4.69, 9.17) is 0 Å². The van der Waals surface area contributed by atoms with Crippen LogP contribution in [0.25, 0.3) is 11.1 Å². The molecule has 108 valence electrons. The number of hydrogen-bond acceptors (Lipinski definition) is 1.